The minimum absolute atomic E-state index is 0.550. The molecule has 1 aromatic heterocycles. The van der Waals surface area contributed by atoms with Crippen molar-refractivity contribution in [2.24, 2.45) is 5.92 Å². The van der Waals surface area contributed by atoms with Gasteiger partial charge in [-0.2, -0.15) is 4.98 Å². The third kappa shape index (κ3) is 4.56. The molecule has 1 heterocycles. The van der Waals surface area contributed by atoms with Crippen LogP contribution in [-0.4, -0.2) is 42.7 Å². The first-order valence-corrected chi connectivity index (χ1v) is 7.39. The Morgan fingerprint density at radius 1 is 1.45 bits per heavy atom. The van der Waals surface area contributed by atoms with Crippen LogP contribution >= 0.6 is 0 Å². The molecule has 0 saturated heterocycles. The number of likely N-dealkylation sites (N-methyl/N-ethyl adjacent to an activating group) is 1. The van der Waals surface area contributed by atoms with Crippen LogP contribution in [0.3, 0.4) is 0 Å². The molecule has 0 bridgehead atoms. The van der Waals surface area contributed by atoms with E-state index < -0.39 is 0 Å². The molecule has 0 aromatic carbocycles. The zero-order valence-corrected chi connectivity index (χ0v) is 12.7. The van der Waals surface area contributed by atoms with Gasteiger partial charge in [0.2, 0.25) is 5.88 Å². The Morgan fingerprint density at radius 3 is 2.85 bits per heavy atom. The third-order valence-corrected chi connectivity index (χ3v) is 3.69. The molecule has 1 saturated carbocycles. The molecular weight excluding hydrogens is 252 g/mol. The maximum Gasteiger partial charge on any atom is 0.239 e. The summed E-state index contributed by atoms with van der Waals surface area (Å²) in [6.07, 6.45) is 2.53. The summed E-state index contributed by atoms with van der Waals surface area (Å²) in [7, 11) is 2.12. The van der Waals surface area contributed by atoms with Crippen LogP contribution < -0.4 is 15.8 Å². The van der Waals surface area contributed by atoms with Crippen LogP contribution in [0.15, 0.2) is 12.1 Å². The average Bonchev–Trinajstić information content (AvgIpc) is 3.23. The van der Waals surface area contributed by atoms with E-state index in [1.165, 1.54) is 12.8 Å². The largest absolute Gasteiger partial charge is 0.476 e. The van der Waals surface area contributed by atoms with Crippen molar-refractivity contribution in [1.29, 1.82) is 0 Å². The Hall–Kier alpha value is -1.49. The Balaban J connectivity index is 1.82. The lowest BCUT2D eigenvalue weighted by Crippen LogP contribution is -2.31. The highest BCUT2D eigenvalue weighted by atomic mass is 16.5. The minimum atomic E-state index is 0.550. The quantitative estimate of drug-likeness (QED) is 0.763. The molecule has 0 spiro atoms. The summed E-state index contributed by atoms with van der Waals surface area (Å²) in [6.45, 7) is 6.93. The van der Waals surface area contributed by atoms with Gasteiger partial charge in [0.25, 0.3) is 0 Å². The molecule has 0 atom stereocenters. The van der Waals surface area contributed by atoms with E-state index in [9.17, 15) is 0 Å². The van der Waals surface area contributed by atoms with Crippen LogP contribution in [0, 0.1) is 5.92 Å². The summed E-state index contributed by atoms with van der Waals surface area (Å²) in [5.41, 5.74) is 6.50. The van der Waals surface area contributed by atoms with Gasteiger partial charge in [0.1, 0.15) is 5.82 Å². The number of ether oxygens (including phenoxy) is 1. The summed E-state index contributed by atoms with van der Waals surface area (Å²) in [6, 6.07) is 4.30. The van der Waals surface area contributed by atoms with Gasteiger partial charge in [-0.05, 0) is 51.8 Å². The number of nitrogens with two attached hydrogens (primary N) is 1. The summed E-state index contributed by atoms with van der Waals surface area (Å²) < 4.78 is 5.68. The zero-order valence-electron chi connectivity index (χ0n) is 12.7. The highest BCUT2D eigenvalue weighted by Crippen LogP contribution is 2.30. The Bertz CT molecular complexity index is 432. The van der Waals surface area contributed by atoms with Crippen molar-refractivity contribution in [3.63, 3.8) is 0 Å². The van der Waals surface area contributed by atoms with Crippen molar-refractivity contribution in [2.75, 3.05) is 37.8 Å². The number of pyridine rings is 1. The highest BCUT2D eigenvalue weighted by molar-refractivity contribution is 5.53. The molecule has 5 heteroatoms. The lowest BCUT2D eigenvalue weighted by atomic mass is 10.3. The maximum absolute atomic E-state index is 5.89. The number of hydrogen-bond donors (Lipinski definition) is 2. The molecule has 0 amide bonds. The standard InChI is InChI=1S/C15H26N4O/c1-11(2)19(3)9-8-17-14-7-6-13(16)15(18-14)20-10-12-4-5-12/h6-7,11-12H,4-5,8-10,16H2,1-3H3,(H,17,18). The maximum atomic E-state index is 5.89. The van der Waals surface area contributed by atoms with Crippen molar-refractivity contribution in [2.45, 2.75) is 32.7 Å². The SMILES string of the molecule is CC(C)N(C)CCNc1ccc(N)c(OCC2CC2)n1. The summed E-state index contributed by atoms with van der Waals surface area (Å²) in [4.78, 5) is 6.72. The van der Waals surface area contributed by atoms with Crippen LogP contribution in [-0.2, 0) is 0 Å². The van der Waals surface area contributed by atoms with E-state index in [1.807, 2.05) is 12.1 Å². The summed E-state index contributed by atoms with van der Waals surface area (Å²) in [5, 5.41) is 3.31. The van der Waals surface area contributed by atoms with Crippen molar-refractivity contribution in [1.82, 2.24) is 9.88 Å². The number of rotatable bonds is 8. The van der Waals surface area contributed by atoms with E-state index in [0.29, 0.717) is 23.5 Å². The van der Waals surface area contributed by atoms with Gasteiger partial charge in [-0.15, -0.1) is 0 Å². The molecule has 1 aliphatic rings. The lowest BCUT2D eigenvalue weighted by molar-refractivity contribution is 0.284. The molecule has 3 N–H and O–H groups in total. The van der Waals surface area contributed by atoms with Crippen molar-refractivity contribution in [3.05, 3.63) is 12.1 Å². The molecular formula is C15H26N4O. The van der Waals surface area contributed by atoms with Crippen LogP contribution in [0.4, 0.5) is 11.5 Å². The van der Waals surface area contributed by atoms with E-state index in [4.69, 9.17) is 10.5 Å². The average molecular weight is 278 g/mol. The molecule has 1 aliphatic carbocycles. The fourth-order valence-electron chi connectivity index (χ4n) is 1.77. The first-order chi connectivity index (χ1) is 9.56. The van der Waals surface area contributed by atoms with E-state index in [0.717, 1.165) is 25.5 Å². The molecule has 1 fully saturated rings. The predicted octanol–water partition coefficient (Wildman–Crippen LogP) is 2.20. The minimum Gasteiger partial charge on any atom is -0.476 e. The Morgan fingerprint density at radius 2 is 2.20 bits per heavy atom. The van der Waals surface area contributed by atoms with Gasteiger partial charge in [-0.1, -0.05) is 0 Å². The lowest BCUT2D eigenvalue weighted by Gasteiger charge is -2.21. The smallest absolute Gasteiger partial charge is 0.239 e. The number of aromatic nitrogens is 1. The first-order valence-electron chi connectivity index (χ1n) is 7.39. The molecule has 0 unspecified atom stereocenters. The first kappa shape index (κ1) is 14.9. The van der Waals surface area contributed by atoms with E-state index in [1.54, 1.807) is 0 Å². The summed E-state index contributed by atoms with van der Waals surface area (Å²) >= 11 is 0. The van der Waals surface area contributed by atoms with Crippen LogP contribution in [0.25, 0.3) is 0 Å². The van der Waals surface area contributed by atoms with Gasteiger partial charge < -0.3 is 20.7 Å². The van der Waals surface area contributed by atoms with Gasteiger partial charge in [0, 0.05) is 19.1 Å². The topological polar surface area (TPSA) is 63.4 Å². The summed E-state index contributed by atoms with van der Waals surface area (Å²) in [5.74, 6) is 2.08. The molecule has 5 nitrogen and oxygen atoms in total. The fraction of sp³-hybridized carbons (Fsp3) is 0.667. The van der Waals surface area contributed by atoms with Crippen molar-refractivity contribution >= 4 is 11.5 Å². The molecule has 20 heavy (non-hydrogen) atoms. The molecule has 0 aliphatic heterocycles. The van der Waals surface area contributed by atoms with Gasteiger partial charge in [0.05, 0.1) is 12.3 Å². The molecule has 112 valence electrons. The van der Waals surface area contributed by atoms with E-state index >= 15 is 0 Å². The molecule has 1 aromatic rings. The number of nitrogens with one attached hydrogen (secondary N) is 1. The fourth-order valence-corrected chi connectivity index (χ4v) is 1.77. The third-order valence-electron chi connectivity index (χ3n) is 3.69. The van der Waals surface area contributed by atoms with E-state index in [2.05, 4.69) is 36.1 Å². The monoisotopic (exact) mass is 278 g/mol. The predicted molar refractivity (Wildman–Crippen MR) is 83.1 cm³/mol. The Kier molecular flexibility index (Phi) is 5.06. The second-order valence-electron chi connectivity index (χ2n) is 5.85. The number of anilines is 2. The Labute approximate surface area is 121 Å². The molecule has 2 rings (SSSR count). The highest BCUT2D eigenvalue weighted by Gasteiger charge is 2.22. The van der Waals surface area contributed by atoms with Crippen molar-refractivity contribution in [3.8, 4) is 5.88 Å². The van der Waals surface area contributed by atoms with Crippen molar-refractivity contribution < 1.29 is 4.74 Å². The van der Waals surface area contributed by atoms with E-state index in [-0.39, 0.29) is 0 Å². The van der Waals surface area contributed by atoms with Gasteiger partial charge in [-0.25, -0.2) is 0 Å². The number of nitrogens with zero attached hydrogens (tertiary/aromatic N) is 2. The normalized spacial score (nSPS) is 14.8. The number of hydrogen-bond acceptors (Lipinski definition) is 5. The van der Waals surface area contributed by atoms with Gasteiger partial charge >= 0.3 is 0 Å². The zero-order chi connectivity index (χ0) is 14.5. The second-order valence-corrected chi connectivity index (χ2v) is 5.85. The second kappa shape index (κ2) is 6.79. The van der Waals surface area contributed by atoms with Crippen LogP contribution in [0.1, 0.15) is 26.7 Å². The van der Waals surface area contributed by atoms with Crippen LogP contribution in [0.2, 0.25) is 0 Å². The van der Waals surface area contributed by atoms with Gasteiger partial charge in [-0.3, -0.25) is 0 Å². The van der Waals surface area contributed by atoms with Crippen LogP contribution in [0.5, 0.6) is 5.88 Å². The number of nitrogen functional groups attached to an aromatic ring is 1. The van der Waals surface area contributed by atoms with Gasteiger partial charge in [0.15, 0.2) is 0 Å². The molecule has 0 radical (unpaired) electrons.